The maximum atomic E-state index is 4.14. The molecule has 74 valence electrons. The minimum absolute atomic E-state index is 0.701. The summed E-state index contributed by atoms with van der Waals surface area (Å²) in [6.07, 6.45) is 9.09. The summed E-state index contributed by atoms with van der Waals surface area (Å²) in [6.45, 7) is 10.2. The summed E-state index contributed by atoms with van der Waals surface area (Å²) < 4.78 is 0. The fraction of sp³-hybridized carbons (Fsp3) is 0.583. The van der Waals surface area contributed by atoms with Crippen LogP contribution in [0.2, 0.25) is 0 Å². The van der Waals surface area contributed by atoms with E-state index in [4.69, 9.17) is 0 Å². The van der Waals surface area contributed by atoms with E-state index in [1.807, 2.05) is 6.20 Å². The topological polar surface area (TPSA) is 12.4 Å². The zero-order chi connectivity index (χ0) is 10.1. The van der Waals surface area contributed by atoms with Gasteiger partial charge in [-0.2, -0.15) is 0 Å². The molecule has 0 aliphatic carbocycles. The Balaban J connectivity index is 4.16. The highest BCUT2D eigenvalue weighted by Crippen LogP contribution is 2.19. The Labute approximate surface area is 82.3 Å². The van der Waals surface area contributed by atoms with Crippen LogP contribution in [0.25, 0.3) is 0 Å². The van der Waals surface area contributed by atoms with Crippen LogP contribution in [0.1, 0.15) is 40.0 Å². The quantitative estimate of drug-likeness (QED) is 0.547. The van der Waals surface area contributed by atoms with Crippen molar-refractivity contribution in [1.29, 1.82) is 0 Å². The zero-order valence-corrected chi connectivity index (χ0v) is 9.09. The van der Waals surface area contributed by atoms with Gasteiger partial charge < -0.3 is 0 Å². The fourth-order valence-corrected chi connectivity index (χ4v) is 1.43. The molecule has 13 heavy (non-hydrogen) atoms. The second-order valence-electron chi connectivity index (χ2n) is 3.30. The van der Waals surface area contributed by atoms with Crippen molar-refractivity contribution in [2.24, 2.45) is 10.9 Å². The molecule has 0 saturated carbocycles. The normalized spacial score (nSPS) is 14.8. The molecule has 0 aromatic heterocycles. The first-order valence-corrected chi connectivity index (χ1v) is 5.07. The lowest BCUT2D eigenvalue weighted by molar-refractivity contribution is 0.533. The Kier molecular flexibility index (Phi) is 7.27. The van der Waals surface area contributed by atoms with Gasteiger partial charge in [-0.25, -0.2) is 0 Å². The van der Waals surface area contributed by atoms with Gasteiger partial charge in [-0.3, -0.25) is 4.99 Å². The van der Waals surface area contributed by atoms with Gasteiger partial charge in [0, 0.05) is 12.4 Å². The number of hydrogen-bond donors (Lipinski definition) is 0. The average Bonchev–Trinajstić information content (AvgIpc) is 2.14. The molecule has 1 nitrogen and oxygen atoms in total. The highest BCUT2D eigenvalue weighted by atomic mass is 14.7. The lowest BCUT2D eigenvalue weighted by atomic mass is 9.94. The van der Waals surface area contributed by atoms with Crippen LogP contribution in [0.3, 0.4) is 0 Å². The first kappa shape index (κ1) is 12.2. The third-order valence-electron chi connectivity index (χ3n) is 2.24. The van der Waals surface area contributed by atoms with E-state index in [0.29, 0.717) is 5.92 Å². The molecule has 1 heteroatoms. The smallest absolute Gasteiger partial charge is 0.0261 e. The van der Waals surface area contributed by atoms with E-state index < -0.39 is 0 Å². The van der Waals surface area contributed by atoms with Crippen LogP contribution in [0, 0.1) is 5.92 Å². The molecule has 0 spiro atoms. The highest BCUT2D eigenvalue weighted by Gasteiger charge is 2.05. The number of nitrogens with zero attached hydrogens (tertiary/aromatic N) is 1. The third-order valence-corrected chi connectivity index (χ3v) is 2.24. The highest BCUT2D eigenvalue weighted by molar-refractivity contribution is 5.70. The predicted octanol–water partition coefficient (Wildman–Crippen LogP) is 3.97. The Hall–Kier alpha value is -0.850. The monoisotopic (exact) mass is 179 g/mol. The molecule has 1 atom stereocenters. The van der Waals surface area contributed by atoms with Crippen LogP contribution in [0.15, 0.2) is 29.4 Å². The van der Waals surface area contributed by atoms with Crippen molar-refractivity contribution in [1.82, 2.24) is 0 Å². The molecular formula is C12H21N. The van der Waals surface area contributed by atoms with Crippen LogP contribution < -0.4 is 0 Å². The summed E-state index contributed by atoms with van der Waals surface area (Å²) in [5.74, 6) is 0.701. The van der Waals surface area contributed by atoms with E-state index in [1.165, 1.54) is 24.8 Å². The molecule has 0 aromatic carbocycles. The van der Waals surface area contributed by atoms with Crippen LogP contribution in [0.4, 0.5) is 0 Å². The number of rotatable bonds is 6. The van der Waals surface area contributed by atoms with Gasteiger partial charge in [-0.05, 0) is 25.7 Å². The van der Waals surface area contributed by atoms with Crippen molar-refractivity contribution in [3.05, 3.63) is 24.4 Å². The van der Waals surface area contributed by atoms with E-state index in [0.717, 1.165) is 0 Å². The van der Waals surface area contributed by atoms with Crippen molar-refractivity contribution in [3.8, 4) is 0 Å². The van der Waals surface area contributed by atoms with Crippen molar-refractivity contribution in [2.45, 2.75) is 40.0 Å². The molecule has 1 unspecified atom stereocenters. The van der Waals surface area contributed by atoms with Gasteiger partial charge in [0.2, 0.25) is 0 Å². The molecule has 0 bridgehead atoms. The standard InChI is InChI=1S/C12H21N/c1-5-8-12(7-3)11(4)10-13-9-6-2/h6,9-10,12H,2,5,7-8H2,1,3-4H3/b11-10+,13-9?. The van der Waals surface area contributed by atoms with Gasteiger partial charge in [0.25, 0.3) is 0 Å². The van der Waals surface area contributed by atoms with Gasteiger partial charge in [-0.15, -0.1) is 0 Å². The van der Waals surface area contributed by atoms with Crippen molar-refractivity contribution >= 4 is 6.21 Å². The Morgan fingerprint density at radius 3 is 2.62 bits per heavy atom. The lowest BCUT2D eigenvalue weighted by Gasteiger charge is -2.13. The fourth-order valence-electron chi connectivity index (χ4n) is 1.43. The summed E-state index contributed by atoms with van der Waals surface area (Å²) in [4.78, 5) is 4.14. The average molecular weight is 179 g/mol. The zero-order valence-electron chi connectivity index (χ0n) is 9.09. The number of hydrogen-bond acceptors (Lipinski definition) is 1. The SMILES string of the molecule is C=CC=N/C=C(\C)C(CC)CCC. The maximum absolute atomic E-state index is 4.14. The first-order valence-electron chi connectivity index (χ1n) is 5.07. The minimum atomic E-state index is 0.701. The van der Waals surface area contributed by atoms with Gasteiger partial charge in [-0.1, -0.05) is 38.5 Å². The van der Waals surface area contributed by atoms with Gasteiger partial charge in [0.05, 0.1) is 0 Å². The van der Waals surface area contributed by atoms with E-state index in [1.54, 1.807) is 12.3 Å². The third kappa shape index (κ3) is 5.40. The number of aliphatic imine (C=N–C) groups is 1. The van der Waals surface area contributed by atoms with Crippen LogP contribution >= 0.6 is 0 Å². The van der Waals surface area contributed by atoms with Gasteiger partial charge >= 0.3 is 0 Å². The summed E-state index contributed by atoms with van der Waals surface area (Å²) in [6, 6.07) is 0. The molecule has 0 radical (unpaired) electrons. The molecule has 0 heterocycles. The lowest BCUT2D eigenvalue weighted by Crippen LogP contribution is -1.99. The molecule has 0 rings (SSSR count). The van der Waals surface area contributed by atoms with Gasteiger partial charge in [0.15, 0.2) is 0 Å². The molecule has 0 aliphatic heterocycles. The van der Waals surface area contributed by atoms with Gasteiger partial charge in [0.1, 0.15) is 0 Å². The molecular weight excluding hydrogens is 158 g/mol. The molecule has 0 saturated heterocycles. The Morgan fingerprint density at radius 2 is 2.15 bits per heavy atom. The van der Waals surface area contributed by atoms with E-state index >= 15 is 0 Å². The van der Waals surface area contributed by atoms with Crippen LogP contribution in [-0.4, -0.2) is 6.21 Å². The second-order valence-corrected chi connectivity index (χ2v) is 3.30. The molecule has 0 fully saturated rings. The first-order chi connectivity index (χ1) is 6.26. The Morgan fingerprint density at radius 1 is 1.46 bits per heavy atom. The summed E-state index contributed by atoms with van der Waals surface area (Å²) >= 11 is 0. The summed E-state index contributed by atoms with van der Waals surface area (Å²) in [5.41, 5.74) is 1.38. The van der Waals surface area contributed by atoms with E-state index in [-0.39, 0.29) is 0 Å². The van der Waals surface area contributed by atoms with Crippen molar-refractivity contribution < 1.29 is 0 Å². The molecule has 0 aliphatic rings. The summed E-state index contributed by atoms with van der Waals surface area (Å²) in [7, 11) is 0. The summed E-state index contributed by atoms with van der Waals surface area (Å²) in [5, 5.41) is 0. The Bertz CT molecular complexity index is 189. The van der Waals surface area contributed by atoms with E-state index in [9.17, 15) is 0 Å². The predicted molar refractivity (Wildman–Crippen MR) is 61.1 cm³/mol. The van der Waals surface area contributed by atoms with Crippen LogP contribution in [0.5, 0.6) is 0 Å². The van der Waals surface area contributed by atoms with Crippen molar-refractivity contribution in [2.75, 3.05) is 0 Å². The molecule has 0 amide bonds. The second kappa shape index (κ2) is 7.78. The largest absolute Gasteiger partial charge is 0.265 e. The molecule has 0 aromatic rings. The molecule has 0 N–H and O–H groups in total. The van der Waals surface area contributed by atoms with Crippen molar-refractivity contribution in [3.63, 3.8) is 0 Å². The number of allylic oxidation sites excluding steroid dienone is 2. The van der Waals surface area contributed by atoms with E-state index in [2.05, 4.69) is 32.3 Å². The minimum Gasteiger partial charge on any atom is -0.265 e. The van der Waals surface area contributed by atoms with Crippen LogP contribution in [-0.2, 0) is 0 Å². The maximum Gasteiger partial charge on any atom is 0.0261 e.